The molecule has 1 heterocycles. The van der Waals surface area contributed by atoms with E-state index >= 15 is 0 Å². The lowest BCUT2D eigenvalue weighted by Gasteiger charge is -2.05. The Morgan fingerprint density at radius 1 is 1.25 bits per heavy atom. The lowest BCUT2D eigenvalue weighted by atomic mass is 10.1. The Morgan fingerprint density at radius 2 is 2.05 bits per heavy atom. The van der Waals surface area contributed by atoms with Crippen molar-refractivity contribution >= 4 is 28.6 Å². The molecule has 1 aromatic heterocycles. The first-order valence-corrected chi connectivity index (χ1v) is 5.98. The van der Waals surface area contributed by atoms with Crippen molar-refractivity contribution in [1.29, 1.82) is 0 Å². The predicted octanol–water partition coefficient (Wildman–Crippen LogP) is 2.10. The van der Waals surface area contributed by atoms with Crippen LogP contribution in [-0.2, 0) is 0 Å². The summed E-state index contributed by atoms with van der Waals surface area (Å²) in [7, 11) is 0. The number of aromatic nitrogens is 2. The zero-order valence-corrected chi connectivity index (χ0v) is 10.4. The van der Waals surface area contributed by atoms with Gasteiger partial charge in [-0.15, -0.1) is 0 Å². The van der Waals surface area contributed by atoms with Gasteiger partial charge in [0.25, 0.3) is 5.91 Å². The van der Waals surface area contributed by atoms with E-state index in [-0.39, 0.29) is 17.0 Å². The Hall–Kier alpha value is -3.02. The van der Waals surface area contributed by atoms with E-state index in [0.29, 0.717) is 5.95 Å². The van der Waals surface area contributed by atoms with Crippen LogP contribution in [0.4, 0.5) is 11.6 Å². The van der Waals surface area contributed by atoms with E-state index in [1.165, 1.54) is 18.2 Å². The molecule has 3 rings (SSSR count). The maximum Gasteiger partial charge on any atom is 0.260 e. The third kappa shape index (κ3) is 2.14. The summed E-state index contributed by atoms with van der Waals surface area (Å²) in [6.45, 7) is 0. The number of imidazole rings is 1. The number of phenolic OH excluding ortho intramolecular Hbond substituents is 1. The number of para-hydroxylation sites is 2. The first-order chi connectivity index (χ1) is 9.63. The van der Waals surface area contributed by atoms with E-state index in [4.69, 9.17) is 5.73 Å². The van der Waals surface area contributed by atoms with Gasteiger partial charge in [0, 0.05) is 5.69 Å². The monoisotopic (exact) mass is 268 g/mol. The van der Waals surface area contributed by atoms with E-state index in [1.54, 1.807) is 0 Å². The van der Waals surface area contributed by atoms with Gasteiger partial charge >= 0.3 is 0 Å². The largest absolute Gasteiger partial charge is 0.508 e. The second-order valence-corrected chi connectivity index (χ2v) is 4.33. The van der Waals surface area contributed by atoms with Gasteiger partial charge in [0.2, 0.25) is 5.95 Å². The maximum absolute atomic E-state index is 12.1. The molecule has 0 atom stereocenters. The van der Waals surface area contributed by atoms with Crippen LogP contribution in [-0.4, -0.2) is 21.0 Å². The molecule has 100 valence electrons. The predicted molar refractivity (Wildman–Crippen MR) is 76.6 cm³/mol. The van der Waals surface area contributed by atoms with Crippen LogP contribution < -0.4 is 11.1 Å². The molecular formula is C14H12N4O2. The van der Waals surface area contributed by atoms with Crippen molar-refractivity contribution in [3.63, 3.8) is 0 Å². The average Bonchev–Trinajstić information content (AvgIpc) is 2.83. The number of hydrogen-bond acceptors (Lipinski definition) is 4. The summed E-state index contributed by atoms with van der Waals surface area (Å²) >= 11 is 0. The minimum absolute atomic E-state index is 0.0195. The van der Waals surface area contributed by atoms with Crippen LogP contribution in [0.5, 0.6) is 5.75 Å². The van der Waals surface area contributed by atoms with Gasteiger partial charge in [0.05, 0.1) is 16.6 Å². The van der Waals surface area contributed by atoms with Crippen LogP contribution >= 0.6 is 0 Å². The number of aromatic hydroxyl groups is 1. The Balaban J connectivity index is 1.90. The quantitative estimate of drug-likeness (QED) is 0.422. The molecule has 1 amide bonds. The summed E-state index contributed by atoms with van der Waals surface area (Å²) in [5.41, 5.74) is 7.79. The number of carbonyl (C=O) groups is 1. The summed E-state index contributed by atoms with van der Waals surface area (Å²) in [6.07, 6.45) is 0. The van der Waals surface area contributed by atoms with Crippen molar-refractivity contribution in [2.75, 3.05) is 11.1 Å². The third-order valence-electron chi connectivity index (χ3n) is 2.90. The molecular weight excluding hydrogens is 256 g/mol. The van der Waals surface area contributed by atoms with E-state index in [2.05, 4.69) is 15.3 Å². The number of H-pyrrole nitrogens is 1. The number of nitrogens with one attached hydrogen (secondary N) is 2. The molecule has 5 N–H and O–H groups in total. The summed E-state index contributed by atoms with van der Waals surface area (Å²) < 4.78 is 0. The molecule has 0 aliphatic rings. The molecule has 0 aliphatic carbocycles. The molecule has 0 unspecified atom stereocenters. The zero-order valence-electron chi connectivity index (χ0n) is 10.4. The Kier molecular flexibility index (Phi) is 2.76. The Morgan fingerprint density at radius 3 is 2.85 bits per heavy atom. The maximum atomic E-state index is 12.1. The number of phenols is 1. The van der Waals surface area contributed by atoms with Gasteiger partial charge in [-0.1, -0.05) is 12.1 Å². The summed E-state index contributed by atoms with van der Waals surface area (Å²) in [5.74, 6) is -0.120. The second kappa shape index (κ2) is 4.58. The third-order valence-corrected chi connectivity index (χ3v) is 2.90. The summed E-state index contributed by atoms with van der Waals surface area (Å²) in [5, 5.41) is 12.0. The number of nitrogens with zero attached hydrogens (tertiary/aromatic N) is 1. The topological polar surface area (TPSA) is 104 Å². The van der Waals surface area contributed by atoms with E-state index in [1.807, 2.05) is 24.3 Å². The number of nitrogen functional groups attached to an aromatic ring is 1. The Labute approximate surface area is 114 Å². The average molecular weight is 268 g/mol. The molecule has 6 nitrogen and oxygen atoms in total. The second-order valence-electron chi connectivity index (χ2n) is 4.33. The van der Waals surface area contributed by atoms with E-state index < -0.39 is 5.91 Å². The normalized spacial score (nSPS) is 10.6. The fraction of sp³-hybridized carbons (Fsp3) is 0. The van der Waals surface area contributed by atoms with Gasteiger partial charge in [-0.2, -0.15) is 0 Å². The summed E-state index contributed by atoms with van der Waals surface area (Å²) in [6, 6.07) is 11.6. The number of hydrogen-bond donors (Lipinski definition) is 4. The zero-order chi connectivity index (χ0) is 14.1. The van der Waals surface area contributed by atoms with E-state index in [9.17, 15) is 9.90 Å². The van der Waals surface area contributed by atoms with Crippen LogP contribution in [0, 0.1) is 0 Å². The molecule has 0 spiro atoms. The first kappa shape index (κ1) is 12.0. The van der Waals surface area contributed by atoms with Gasteiger partial charge in [-0.3, -0.25) is 10.1 Å². The molecule has 0 aliphatic heterocycles. The standard InChI is InChI=1S/C14H12N4O2/c15-10-6-5-8(19)7-9(10)13(20)18-14-16-11-3-1-2-4-12(11)17-14/h1-7,19H,15H2,(H2,16,17,18,20). The fourth-order valence-electron chi connectivity index (χ4n) is 1.93. The van der Waals surface area contributed by atoms with E-state index in [0.717, 1.165) is 11.0 Å². The molecule has 6 heteroatoms. The number of nitrogens with two attached hydrogens (primary N) is 1. The molecule has 3 aromatic rings. The highest BCUT2D eigenvalue weighted by molar-refractivity contribution is 6.07. The number of rotatable bonds is 2. The number of aromatic amines is 1. The van der Waals surface area contributed by atoms with Crippen LogP contribution in [0.25, 0.3) is 11.0 Å². The van der Waals surface area contributed by atoms with Crippen molar-refractivity contribution in [2.24, 2.45) is 0 Å². The SMILES string of the molecule is Nc1ccc(O)cc1C(=O)Nc1nc2ccccc2[nH]1. The van der Waals surface area contributed by atoms with Crippen molar-refractivity contribution in [2.45, 2.75) is 0 Å². The lowest BCUT2D eigenvalue weighted by Crippen LogP contribution is -2.14. The van der Waals surface area contributed by atoms with Crippen LogP contribution in [0.1, 0.15) is 10.4 Å². The minimum Gasteiger partial charge on any atom is -0.508 e. The molecule has 0 saturated carbocycles. The van der Waals surface area contributed by atoms with Gasteiger partial charge in [0.15, 0.2) is 0 Å². The molecule has 20 heavy (non-hydrogen) atoms. The Bertz CT molecular complexity index is 762. The smallest absolute Gasteiger partial charge is 0.260 e. The number of anilines is 2. The lowest BCUT2D eigenvalue weighted by molar-refractivity contribution is 0.102. The highest BCUT2D eigenvalue weighted by Gasteiger charge is 2.12. The van der Waals surface area contributed by atoms with Gasteiger partial charge in [-0.05, 0) is 30.3 Å². The molecule has 2 aromatic carbocycles. The highest BCUT2D eigenvalue weighted by atomic mass is 16.3. The number of carbonyl (C=O) groups excluding carboxylic acids is 1. The highest BCUT2D eigenvalue weighted by Crippen LogP contribution is 2.20. The van der Waals surface area contributed by atoms with Crippen molar-refractivity contribution in [1.82, 2.24) is 9.97 Å². The minimum atomic E-state index is -0.433. The van der Waals surface area contributed by atoms with Crippen LogP contribution in [0.3, 0.4) is 0 Å². The van der Waals surface area contributed by atoms with Crippen molar-refractivity contribution in [3.8, 4) is 5.75 Å². The van der Waals surface area contributed by atoms with Gasteiger partial charge < -0.3 is 15.8 Å². The fourth-order valence-corrected chi connectivity index (χ4v) is 1.93. The molecule has 0 fully saturated rings. The number of fused-ring (bicyclic) bond motifs is 1. The molecule has 0 saturated heterocycles. The van der Waals surface area contributed by atoms with Crippen molar-refractivity contribution in [3.05, 3.63) is 48.0 Å². The molecule has 0 bridgehead atoms. The van der Waals surface area contributed by atoms with Crippen LogP contribution in [0.15, 0.2) is 42.5 Å². The number of amides is 1. The summed E-state index contributed by atoms with van der Waals surface area (Å²) in [4.78, 5) is 19.3. The van der Waals surface area contributed by atoms with Gasteiger partial charge in [0.1, 0.15) is 5.75 Å². The van der Waals surface area contributed by atoms with Gasteiger partial charge in [-0.25, -0.2) is 4.98 Å². The number of benzene rings is 2. The molecule has 0 radical (unpaired) electrons. The van der Waals surface area contributed by atoms with Crippen molar-refractivity contribution < 1.29 is 9.90 Å². The van der Waals surface area contributed by atoms with Crippen LogP contribution in [0.2, 0.25) is 0 Å². The first-order valence-electron chi connectivity index (χ1n) is 5.98.